The van der Waals surface area contributed by atoms with Gasteiger partial charge in [-0.05, 0) is 29.2 Å². The SMILES string of the molecule is CCCCCCCCCCCCCCCCCCC(CC1=CC(C(C)(C)C)C(=O)C(C(C)(C)C)=C1)C(=O)O. The standard InChI is InChI=1S/C35H62O3/c1-8-9-10-11-12-13-14-15-16-17-18-19-20-21-22-23-24-29(33(37)38)25-28-26-30(34(2,3)4)32(36)31(27-28)35(5,6)7/h26-27,29-30H,8-25H2,1-7H3,(H,37,38). The summed E-state index contributed by atoms with van der Waals surface area (Å²) < 4.78 is 0. The zero-order valence-electron chi connectivity index (χ0n) is 26.3. The second kappa shape index (κ2) is 18.1. The molecule has 3 nitrogen and oxygen atoms in total. The third-order valence-corrected chi connectivity index (χ3v) is 8.24. The Morgan fingerprint density at radius 3 is 1.55 bits per heavy atom. The molecule has 0 aromatic carbocycles. The molecule has 0 aliphatic heterocycles. The van der Waals surface area contributed by atoms with Gasteiger partial charge in [0.25, 0.3) is 0 Å². The van der Waals surface area contributed by atoms with Crippen LogP contribution in [0.5, 0.6) is 0 Å². The maximum Gasteiger partial charge on any atom is 0.306 e. The van der Waals surface area contributed by atoms with E-state index in [1.54, 1.807) is 0 Å². The Morgan fingerprint density at radius 2 is 1.18 bits per heavy atom. The number of rotatable bonds is 20. The van der Waals surface area contributed by atoms with Crippen molar-refractivity contribution >= 4 is 11.8 Å². The molecular weight excluding hydrogens is 468 g/mol. The molecule has 1 rings (SSSR count). The summed E-state index contributed by atoms with van der Waals surface area (Å²) in [5.41, 5.74) is 1.44. The molecule has 0 bridgehead atoms. The largest absolute Gasteiger partial charge is 0.481 e. The molecule has 2 atom stereocenters. The zero-order chi connectivity index (χ0) is 28.6. The van der Waals surface area contributed by atoms with E-state index in [0.29, 0.717) is 6.42 Å². The molecule has 3 heteroatoms. The van der Waals surface area contributed by atoms with E-state index in [9.17, 15) is 14.7 Å². The second-order valence-electron chi connectivity index (χ2n) is 14.1. The van der Waals surface area contributed by atoms with Crippen LogP contribution >= 0.6 is 0 Å². The van der Waals surface area contributed by atoms with E-state index in [-0.39, 0.29) is 28.4 Å². The molecule has 0 saturated carbocycles. The molecule has 220 valence electrons. The minimum absolute atomic E-state index is 0.181. The number of carboxylic acid groups (broad SMARTS) is 1. The molecule has 38 heavy (non-hydrogen) atoms. The van der Waals surface area contributed by atoms with Gasteiger partial charge in [0.1, 0.15) is 0 Å². The summed E-state index contributed by atoms with van der Waals surface area (Å²) in [4.78, 5) is 25.3. The van der Waals surface area contributed by atoms with Crippen LogP contribution in [0.3, 0.4) is 0 Å². The monoisotopic (exact) mass is 530 g/mol. The number of hydrogen-bond donors (Lipinski definition) is 1. The molecule has 0 aromatic heterocycles. The number of allylic oxidation sites excluding steroid dienone is 4. The van der Waals surface area contributed by atoms with Gasteiger partial charge in [0, 0.05) is 11.5 Å². The van der Waals surface area contributed by atoms with Crippen molar-refractivity contribution in [3.05, 3.63) is 23.3 Å². The van der Waals surface area contributed by atoms with Crippen molar-refractivity contribution in [2.75, 3.05) is 0 Å². The molecule has 1 N–H and O–H groups in total. The number of carbonyl (C=O) groups excluding carboxylic acids is 1. The van der Waals surface area contributed by atoms with E-state index in [1.807, 2.05) is 6.08 Å². The van der Waals surface area contributed by atoms with Gasteiger partial charge in [-0.2, -0.15) is 0 Å². The summed E-state index contributed by atoms with van der Waals surface area (Å²) >= 11 is 0. The highest BCUT2D eigenvalue weighted by molar-refractivity contribution is 6.01. The summed E-state index contributed by atoms with van der Waals surface area (Å²) in [6.45, 7) is 14.8. The minimum Gasteiger partial charge on any atom is -0.481 e. The number of Topliss-reactive ketones (excluding diaryl/α,β-unsaturated/α-hetero) is 1. The Bertz CT molecular complexity index is 744. The molecule has 0 spiro atoms. The van der Waals surface area contributed by atoms with Crippen LogP contribution in [-0.2, 0) is 9.59 Å². The number of ketones is 1. The van der Waals surface area contributed by atoms with Gasteiger partial charge in [0.2, 0.25) is 0 Å². The van der Waals surface area contributed by atoms with E-state index < -0.39 is 5.97 Å². The molecule has 1 aliphatic carbocycles. The van der Waals surface area contributed by atoms with Crippen LogP contribution < -0.4 is 0 Å². The number of carbonyl (C=O) groups is 2. The van der Waals surface area contributed by atoms with E-state index in [0.717, 1.165) is 30.4 Å². The number of aliphatic carboxylic acids is 1. The number of unbranched alkanes of at least 4 members (excludes halogenated alkanes) is 15. The fourth-order valence-electron chi connectivity index (χ4n) is 5.65. The van der Waals surface area contributed by atoms with Crippen molar-refractivity contribution in [3.63, 3.8) is 0 Å². The van der Waals surface area contributed by atoms with Crippen LogP contribution in [0, 0.1) is 22.7 Å². The van der Waals surface area contributed by atoms with Crippen molar-refractivity contribution in [3.8, 4) is 0 Å². The first-order valence-electron chi connectivity index (χ1n) is 16.1. The van der Waals surface area contributed by atoms with Gasteiger partial charge in [0.15, 0.2) is 5.78 Å². The van der Waals surface area contributed by atoms with Crippen LogP contribution in [0.25, 0.3) is 0 Å². The smallest absolute Gasteiger partial charge is 0.306 e. The highest BCUT2D eigenvalue weighted by Crippen LogP contribution is 2.41. The normalized spacial score (nSPS) is 17.3. The van der Waals surface area contributed by atoms with Crippen LogP contribution in [-0.4, -0.2) is 16.9 Å². The Labute approximate surface area is 236 Å². The molecule has 0 saturated heterocycles. The molecule has 0 heterocycles. The van der Waals surface area contributed by atoms with Gasteiger partial charge in [-0.1, -0.05) is 163 Å². The van der Waals surface area contributed by atoms with E-state index in [1.165, 1.54) is 89.9 Å². The van der Waals surface area contributed by atoms with Crippen molar-refractivity contribution in [1.29, 1.82) is 0 Å². The first-order valence-corrected chi connectivity index (χ1v) is 16.1. The average molecular weight is 531 g/mol. The summed E-state index contributed by atoms with van der Waals surface area (Å²) in [6.07, 6.45) is 26.5. The second-order valence-corrected chi connectivity index (χ2v) is 14.1. The summed E-state index contributed by atoms with van der Waals surface area (Å²) in [5, 5.41) is 9.92. The fourth-order valence-corrected chi connectivity index (χ4v) is 5.65. The van der Waals surface area contributed by atoms with Crippen molar-refractivity contribution in [2.24, 2.45) is 22.7 Å². The van der Waals surface area contributed by atoms with Crippen LogP contribution in [0.1, 0.15) is 164 Å². The van der Waals surface area contributed by atoms with Gasteiger partial charge < -0.3 is 5.11 Å². The maximum atomic E-state index is 13.2. The molecular formula is C35H62O3. The lowest BCUT2D eigenvalue weighted by atomic mass is 9.67. The van der Waals surface area contributed by atoms with Crippen molar-refractivity contribution < 1.29 is 14.7 Å². The fraction of sp³-hybridized carbons (Fsp3) is 0.829. The summed E-state index contributed by atoms with van der Waals surface area (Å²) in [6, 6.07) is 0. The quantitative estimate of drug-likeness (QED) is 0.159. The lowest BCUT2D eigenvalue weighted by molar-refractivity contribution is -0.141. The van der Waals surface area contributed by atoms with Crippen molar-refractivity contribution in [1.82, 2.24) is 0 Å². The molecule has 0 aromatic rings. The minimum atomic E-state index is -0.707. The van der Waals surface area contributed by atoms with Gasteiger partial charge in [-0.25, -0.2) is 0 Å². The predicted octanol–water partition coefficient (Wildman–Crippen LogP) is 10.9. The van der Waals surface area contributed by atoms with Gasteiger partial charge in [-0.15, -0.1) is 0 Å². The Kier molecular flexibility index (Phi) is 16.5. The first-order chi connectivity index (χ1) is 17.9. The lowest BCUT2D eigenvalue weighted by Gasteiger charge is -2.35. The van der Waals surface area contributed by atoms with E-state index >= 15 is 0 Å². The number of hydrogen-bond acceptors (Lipinski definition) is 2. The van der Waals surface area contributed by atoms with Gasteiger partial charge >= 0.3 is 5.97 Å². The molecule has 2 unspecified atom stereocenters. The predicted molar refractivity (Wildman–Crippen MR) is 163 cm³/mol. The average Bonchev–Trinajstić information content (AvgIpc) is 2.82. The third kappa shape index (κ3) is 14.1. The van der Waals surface area contributed by atoms with Crippen LogP contribution in [0.15, 0.2) is 23.3 Å². The topological polar surface area (TPSA) is 54.4 Å². The van der Waals surface area contributed by atoms with Gasteiger partial charge in [-0.3, -0.25) is 9.59 Å². The first kappa shape index (κ1) is 34.6. The van der Waals surface area contributed by atoms with Crippen LogP contribution in [0.4, 0.5) is 0 Å². The molecule has 0 fully saturated rings. The molecule has 0 radical (unpaired) electrons. The number of carboxylic acids is 1. The van der Waals surface area contributed by atoms with Gasteiger partial charge in [0.05, 0.1) is 5.92 Å². The summed E-state index contributed by atoms with van der Waals surface area (Å²) in [5.74, 6) is -1.08. The van der Waals surface area contributed by atoms with E-state index in [2.05, 4.69) is 54.5 Å². The molecule has 1 aliphatic rings. The summed E-state index contributed by atoms with van der Waals surface area (Å²) in [7, 11) is 0. The molecule has 0 amide bonds. The Balaban J connectivity index is 2.32. The lowest BCUT2D eigenvalue weighted by Crippen LogP contribution is -2.34. The highest BCUT2D eigenvalue weighted by Gasteiger charge is 2.38. The van der Waals surface area contributed by atoms with E-state index in [4.69, 9.17) is 0 Å². The zero-order valence-corrected chi connectivity index (χ0v) is 26.3. The Morgan fingerprint density at radius 1 is 0.763 bits per heavy atom. The third-order valence-electron chi connectivity index (χ3n) is 8.24. The van der Waals surface area contributed by atoms with Crippen LogP contribution in [0.2, 0.25) is 0 Å². The Hall–Kier alpha value is -1.38. The van der Waals surface area contributed by atoms with Crippen molar-refractivity contribution in [2.45, 2.75) is 164 Å². The highest BCUT2D eigenvalue weighted by atomic mass is 16.4. The maximum absolute atomic E-state index is 13.2.